The molecule has 0 aliphatic rings. The Morgan fingerprint density at radius 3 is 3.00 bits per heavy atom. The molecule has 56 valence electrons. The van der Waals surface area contributed by atoms with E-state index >= 15 is 0 Å². The molecule has 0 aliphatic heterocycles. The van der Waals surface area contributed by atoms with Crippen LogP contribution in [0.2, 0.25) is 0 Å². The van der Waals surface area contributed by atoms with Crippen LogP contribution in [0.4, 0.5) is 4.39 Å². The predicted octanol–water partition coefficient (Wildman–Crippen LogP) is 1.86. The first-order chi connectivity index (χ1) is 5.29. The van der Waals surface area contributed by atoms with Crippen molar-refractivity contribution in [2.45, 2.75) is 0 Å². The molecule has 0 bridgehead atoms. The third kappa shape index (κ3) is 0.920. The van der Waals surface area contributed by atoms with E-state index in [-0.39, 0.29) is 5.82 Å². The Balaban J connectivity index is 2.96. The van der Waals surface area contributed by atoms with E-state index in [1.54, 1.807) is 0 Å². The first kappa shape index (κ1) is 6.72. The molecule has 0 spiro atoms. The Hall–Kier alpha value is -0.970. The second kappa shape index (κ2) is 2.27. The molecule has 5 heteroatoms. The Morgan fingerprint density at radius 2 is 2.27 bits per heavy atom. The molecule has 0 aromatic carbocycles. The summed E-state index contributed by atoms with van der Waals surface area (Å²) in [4.78, 5) is 3.66. The Morgan fingerprint density at radius 1 is 1.45 bits per heavy atom. The fourth-order valence-electron chi connectivity index (χ4n) is 0.895. The van der Waals surface area contributed by atoms with Crippen LogP contribution in [0.25, 0.3) is 10.9 Å². The van der Waals surface area contributed by atoms with Gasteiger partial charge in [-0.05, 0) is 15.9 Å². The molecule has 11 heavy (non-hydrogen) atoms. The van der Waals surface area contributed by atoms with E-state index in [0.717, 1.165) is 6.20 Å². The lowest BCUT2D eigenvalue weighted by molar-refractivity contribution is 0.633. The highest BCUT2D eigenvalue weighted by Crippen LogP contribution is 2.21. The third-order valence-electron chi connectivity index (χ3n) is 1.38. The maximum atomic E-state index is 12.9. The smallest absolute Gasteiger partial charge is 0.153 e. The van der Waals surface area contributed by atoms with Crippen LogP contribution in [0.15, 0.2) is 17.0 Å². The molecule has 0 aliphatic carbocycles. The zero-order chi connectivity index (χ0) is 7.84. The standard InChI is InChI=1S/C6H3BrFN3/c7-6-5-3(8)1-9-2-4(5)10-11-6/h1-2H,(H,10,11). The number of pyridine rings is 1. The van der Waals surface area contributed by atoms with Crippen LogP contribution in [-0.4, -0.2) is 15.2 Å². The molecule has 2 aromatic rings. The summed E-state index contributed by atoms with van der Waals surface area (Å²) >= 11 is 3.11. The lowest BCUT2D eigenvalue weighted by Crippen LogP contribution is -1.78. The van der Waals surface area contributed by atoms with Gasteiger partial charge in [-0.25, -0.2) is 4.39 Å². The van der Waals surface area contributed by atoms with Crippen molar-refractivity contribution < 1.29 is 4.39 Å². The Labute approximate surface area is 69.8 Å². The second-order valence-electron chi connectivity index (χ2n) is 2.06. The molecule has 0 saturated carbocycles. The van der Waals surface area contributed by atoms with Gasteiger partial charge in [0.15, 0.2) is 5.82 Å². The summed E-state index contributed by atoms with van der Waals surface area (Å²) in [5.74, 6) is -0.372. The van der Waals surface area contributed by atoms with E-state index in [4.69, 9.17) is 0 Å². The monoisotopic (exact) mass is 215 g/mol. The van der Waals surface area contributed by atoms with Gasteiger partial charge in [-0.1, -0.05) is 0 Å². The summed E-state index contributed by atoms with van der Waals surface area (Å²) in [6, 6.07) is 0. The largest absolute Gasteiger partial charge is 0.275 e. The minimum Gasteiger partial charge on any atom is -0.275 e. The van der Waals surface area contributed by atoms with Gasteiger partial charge in [0.1, 0.15) is 4.60 Å². The summed E-state index contributed by atoms with van der Waals surface area (Å²) in [5.41, 5.74) is 0.594. The highest BCUT2D eigenvalue weighted by Gasteiger charge is 2.06. The van der Waals surface area contributed by atoms with Gasteiger partial charge >= 0.3 is 0 Å². The molecule has 0 unspecified atom stereocenters. The van der Waals surface area contributed by atoms with Gasteiger partial charge < -0.3 is 0 Å². The van der Waals surface area contributed by atoms with Crippen molar-refractivity contribution >= 4 is 26.8 Å². The molecule has 2 rings (SSSR count). The average molecular weight is 216 g/mol. The van der Waals surface area contributed by atoms with Gasteiger partial charge in [-0.2, -0.15) is 5.10 Å². The lowest BCUT2D eigenvalue weighted by atomic mass is 10.3. The van der Waals surface area contributed by atoms with Crippen molar-refractivity contribution in [1.29, 1.82) is 0 Å². The SMILES string of the molecule is Fc1cncc2[nH]nc(Br)c12. The number of aromatic nitrogens is 3. The number of rotatable bonds is 0. The fourth-order valence-corrected chi connectivity index (χ4v) is 1.39. The van der Waals surface area contributed by atoms with E-state index in [9.17, 15) is 4.39 Å². The maximum Gasteiger partial charge on any atom is 0.153 e. The Kier molecular flexibility index (Phi) is 1.38. The van der Waals surface area contributed by atoms with Crippen molar-refractivity contribution in [2.75, 3.05) is 0 Å². The molecule has 2 heterocycles. The summed E-state index contributed by atoms with van der Waals surface area (Å²) in [7, 11) is 0. The van der Waals surface area contributed by atoms with Crippen molar-refractivity contribution in [3.63, 3.8) is 0 Å². The minimum atomic E-state index is -0.372. The molecule has 0 radical (unpaired) electrons. The van der Waals surface area contributed by atoms with Crippen LogP contribution < -0.4 is 0 Å². The average Bonchev–Trinajstić information content (AvgIpc) is 2.34. The summed E-state index contributed by atoms with van der Waals surface area (Å²) in [6.07, 6.45) is 2.68. The van der Waals surface area contributed by atoms with E-state index in [1.165, 1.54) is 6.20 Å². The van der Waals surface area contributed by atoms with E-state index in [0.29, 0.717) is 15.5 Å². The van der Waals surface area contributed by atoms with Gasteiger partial charge in [-0.15, -0.1) is 0 Å². The van der Waals surface area contributed by atoms with Gasteiger partial charge in [0.25, 0.3) is 0 Å². The highest BCUT2D eigenvalue weighted by atomic mass is 79.9. The number of hydrogen-bond acceptors (Lipinski definition) is 2. The van der Waals surface area contributed by atoms with Crippen LogP contribution in [0, 0.1) is 5.82 Å². The number of H-pyrrole nitrogens is 1. The van der Waals surface area contributed by atoms with E-state index < -0.39 is 0 Å². The van der Waals surface area contributed by atoms with Gasteiger partial charge in [-0.3, -0.25) is 10.1 Å². The number of hydrogen-bond donors (Lipinski definition) is 1. The van der Waals surface area contributed by atoms with Gasteiger partial charge in [0.05, 0.1) is 23.3 Å². The first-order valence-electron chi connectivity index (χ1n) is 2.92. The molecule has 2 aromatic heterocycles. The third-order valence-corrected chi connectivity index (χ3v) is 1.95. The first-order valence-corrected chi connectivity index (χ1v) is 3.71. The molecule has 0 saturated heterocycles. The van der Waals surface area contributed by atoms with Crippen LogP contribution in [-0.2, 0) is 0 Å². The van der Waals surface area contributed by atoms with Gasteiger partial charge in [0.2, 0.25) is 0 Å². The predicted molar refractivity (Wildman–Crippen MR) is 41.5 cm³/mol. The molecular formula is C6H3BrFN3. The molecule has 0 fully saturated rings. The van der Waals surface area contributed by atoms with E-state index in [1.807, 2.05) is 0 Å². The lowest BCUT2D eigenvalue weighted by Gasteiger charge is -1.88. The number of aromatic amines is 1. The fraction of sp³-hybridized carbons (Fsp3) is 0. The molecule has 3 nitrogen and oxygen atoms in total. The summed E-state index contributed by atoms with van der Waals surface area (Å²) < 4.78 is 13.4. The van der Waals surface area contributed by atoms with Crippen molar-refractivity contribution in [3.8, 4) is 0 Å². The molecule has 1 N–H and O–H groups in total. The number of halogens is 2. The quantitative estimate of drug-likeness (QED) is 0.730. The Bertz CT molecular complexity index is 398. The second-order valence-corrected chi connectivity index (χ2v) is 2.81. The van der Waals surface area contributed by atoms with Crippen LogP contribution in [0.3, 0.4) is 0 Å². The summed E-state index contributed by atoms with van der Waals surface area (Å²) in [6.45, 7) is 0. The van der Waals surface area contributed by atoms with Crippen molar-refractivity contribution in [2.24, 2.45) is 0 Å². The van der Waals surface area contributed by atoms with Crippen LogP contribution >= 0.6 is 15.9 Å². The normalized spacial score (nSPS) is 10.7. The zero-order valence-electron chi connectivity index (χ0n) is 5.31. The highest BCUT2D eigenvalue weighted by molar-refractivity contribution is 9.10. The molecular weight excluding hydrogens is 213 g/mol. The van der Waals surface area contributed by atoms with E-state index in [2.05, 4.69) is 31.1 Å². The van der Waals surface area contributed by atoms with Crippen LogP contribution in [0.5, 0.6) is 0 Å². The van der Waals surface area contributed by atoms with Gasteiger partial charge in [0, 0.05) is 0 Å². The van der Waals surface area contributed by atoms with Crippen molar-refractivity contribution in [3.05, 3.63) is 22.8 Å². The number of nitrogens with zero attached hydrogens (tertiary/aromatic N) is 2. The summed E-state index contributed by atoms with van der Waals surface area (Å²) in [5, 5.41) is 6.84. The zero-order valence-corrected chi connectivity index (χ0v) is 6.89. The van der Waals surface area contributed by atoms with Crippen LogP contribution in [0.1, 0.15) is 0 Å². The maximum absolute atomic E-state index is 12.9. The number of fused-ring (bicyclic) bond motifs is 1. The van der Waals surface area contributed by atoms with Crippen molar-refractivity contribution in [1.82, 2.24) is 15.2 Å². The number of nitrogens with one attached hydrogen (secondary N) is 1. The minimum absolute atomic E-state index is 0.372. The topological polar surface area (TPSA) is 41.6 Å². The molecule has 0 atom stereocenters. The molecule has 0 amide bonds.